The second-order valence-electron chi connectivity index (χ2n) is 4.51. The number of rotatable bonds is 3. The molecule has 1 aromatic carbocycles. The highest BCUT2D eigenvalue weighted by molar-refractivity contribution is 7.99. The molecule has 3 nitrogen and oxygen atoms in total. The van der Waals surface area contributed by atoms with Gasteiger partial charge in [0.1, 0.15) is 10.7 Å². The van der Waals surface area contributed by atoms with Gasteiger partial charge in [-0.3, -0.25) is 0 Å². The summed E-state index contributed by atoms with van der Waals surface area (Å²) >= 11 is 7.13. The Balaban J connectivity index is 2.49. The first-order chi connectivity index (χ1) is 9.39. The maximum atomic E-state index is 14.2. The van der Waals surface area contributed by atoms with Gasteiger partial charge in [-0.25, -0.2) is 17.2 Å². The van der Waals surface area contributed by atoms with Crippen molar-refractivity contribution in [2.24, 2.45) is 0 Å². The summed E-state index contributed by atoms with van der Waals surface area (Å²) in [6.07, 6.45) is 0. The van der Waals surface area contributed by atoms with Gasteiger partial charge in [0.2, 0.25) is 10.0 Å². The summed E-state index contributed by atoms with van der Waals surface area (Å²) in [5.74, 6) is -1.02. The molecule has 0 radical (unpaired) electrons. The molecule has 20 heavy (non-hydrogen) atoms. The highest BCUT2D eigenvalue weighted by Gasteiger charge is 2.34. The monoisotopic (exact) mass is 341 g/mol. The number of hydrogen-bond acceptors (Lipinski definition) is 3. The molecule has 1 aliphatic heterocycles. The molecule has 1 aromatic rings. The lowest BCUT2D eigenvalue weighted by atomic mass is 10.2. The lowest BCUT2D eigenvalue weighted by Crippen LogP contribution is -2.44. The molecule has 2 rings (SSSR count). The summed E-state index contributed by atoms with van der Waals surface area (Å²) in [6.45, 7) is 2.09. The first-order valence-electron chi connectivity index (χ1n) is 6.02. The van der Waals surface area contributed by atoms with Crippen LogP contribution in [-0.4, -0.2) is 36.8 Å². The first kappa shape index (κ1) is 16.0. The van der Waals surface area contributed by atoms with Gasteiger partial charge in [0.15, 0.2) is 5.82 Å². The van der Waals surface area contributed by atoms with E-state index in [0.717, 1.165) is 12.1 Å². The Bertz CT molecular complexity index is 610. The second kappa shape index (κ2) is 6.17. The van der Waals surface area contributed by atoms with Crippen LogP contribution in [0.15, 0.2) is 17.0 Å². The summed E-state index contributed by atoms with van der Waals surface area (Å²) in [5, 5.41) is 0. The van der Waals surface area contributed by atoms with Gasteiger partial charge in [-0.2, -0.15) is 16.1 Å². The van der Waals surface area contributed by atoms with Crippen LogP contribution in [0.3, 0.4) is 0 Å². The quantitative estimate of drug-likeness (QED) is 0.793. The van der Waals surface area contributed by atoms with E-state index >= 15 is 0 Å². The molecule has 1 saturated heterocycles. The van der Waals surface area contributed by atoms with Gasteiger partial charge in [-0.15, -0.1) is 11.6 Å². The smallest absolute Gasteiger partial charge is 0.207 e. The van der Waals surface area contributed by atoms with Crippen LogP contribution in [0.1, 0.15) is 12.5 Å². The maximum Gasteiger partial charge on any atom is 0.246 e. The Labute approximate surface area is 126 Å². The van der Waals surface area contributed by atoms with Gasteiger partial charge < -0.3 is 0 Å². The van der Waals surface area contributed by atoms with E-state index in [-0.39, 0.29) is 6.04 Å². The normalized spacial score (nSPS) is 21.1. The van der Waals surface area contributed by atoms with Gasteiger partial charge in [0.25, 0.3) is 0 Å². The van der Waals surface area contributed by atoms with Crippen molar-refractivity contribution >= 4 is 33.4 Å². The zero-order valence-electron chi connectivity index (χ0n) is 10.8. The third kappa shape index (κ3) is 2.81. The zero-order valence-corrected chi connectivity index (χ0v) is 13.2. The van der Waals surface area contributed by atoms with Crippen molar-refractivity contribution in [1.29, 1.82) is 0 Å². The number of hydrogen-bond donors (Lipinski definition) is 0. The van der Waals surface area contributed by atoms with Crippen LogP contribution in [0.5, 0.6) is 0 Å². The lowest BCUT2D eigenvalue weighted by molar-refractivity contribution is 0.365. The topological polar surface area (TPSA) is 37.4 Å². The number of halogens is 3. The molecule has 0 N–H and O–H groups in total. The fraction of sp³-hybridized carbons (Fsp3) is 0.500. The molecule has 1 unspecified atom stereocenters. The van der Waals surface area contributed by atoms with Gasteiger partial charge >= 0.3 is 0 Å². The summed E-state index contributed by atoms with van der Waals surface area (Å²) in [6, 6.07) is 1.68. The van der Waals surface area contributed by atoms with Gasteiger partial charge in [0.05, 0.1) is 5.88 Å². The van der Waals surface area contributed by atoms with Crippen LogP contribution >= 0.6 is 23.4 Å². The minimum atomic E-state index is -3.97. The van der Waals surface area contributed by atoms with Crippen molar-refractivity contribution in [3.63, 3.8) is 0 Å². The number of alkyl halides is 1. The molecule has 0 aromatic heterocycles. The molecule has 1 atom stereocenters. The van der Waals surface area contributed by atoms with E-state index in [0.29, 0.717) is 18.1 Å². The van der Waals surface area contributed by atoms with Crippen LogP contribution in [0.4, 0.5) is 8.78 Å². The summed E-state index contributed by atoms with van der Waals surface area (Å²) < 4.78 is 53.9. The van der Waals surface area contributed by atoms with E-state index in [4.69, 9.17) is 11.6 Å². The van der Waals surface area contributed by atoms with Gasteiger partial charge in [-0.1, -0.05) is 0 Å². The SMILES string of the molecule is CC1CSCCN1S(=O)(=O)c1ccc(F)c(CCl)c1F. The molecule has 1 heterocycles. The zero-order chi connectivity index (χ0) is 14.9. The number of sulfonamides is 1. The highest BCUT2D eigenvalue weighted by atomic mass is 35.5. The molecule has 112 valence electrons. The largest absolute Gasteiger partial charge is 0.246 e. The Morgan fingerprint density at radius 3 is 2.75 bits per heavy atom. The third-order valence-corrected chi connectivity index (χ3v) is 6.67. The van der Waals surface area contributed by atoms with Crippen molar-refractivity contribution < 1.29 is 17.2 Å². The Kier molecular flexibility index (Phi) is 4.94. The molecule has 0 saturated carbocycles. The maximum absolute atomic E-state index is 14.2. The van der Waals surface area contributed by atoms with E-state index in [1.807, 2.05) is 0 Å². The lowest BCUT2D eigenvalue weighted by Gasteiger charge is -2.32. The molecular formula is C12H14ClF2NO2S2. The van der Waals surface area contributed by atoms with Crippen molar-refractivity contribution in [1.82, 2.24) is 4.31 Å². The molecule has 0 spiro atoms. The van der Waals surface area contributed by atoms with Crippen LogP contribution in [0.2, 0.25) is 0 Å². The first-order valence-corrected chi connectivity index (χ1v) is 9.15. The van der Waals surface area contributed by atoms with Crippen LogP contribution in [-0.2, 0) is 15.9 Å². The summed E-state index contributed by atoms with van der Waals surface area (Å²) in [5.41, 5.74) is -0.410. The molecular weight excluding hydrogens is 328 g/mol. The second-order valence-corrected chi connectivity index (χ2v) is 7.79. The van der Waals surface area contributed by atoms with Gasteiger partial charge in [0, 0.05) is 29.7 Å². The van der Waals surface area contributed by atoms with Crippen LogP contribution in [0.25, 0.3) is 0 Å². The number of nitrogens with zero attached hydrogens (tertiary/aromatic N) is 1. The Hall–Kier alpha value is -0.370. The van der Waals surface area contributed by atoms with Gasteiger partial charge in [-0.05, 0) is 19.1 Å². The number of thioether (sulfide) groups is 1. The van der Waals surface area contributed by atoms with E-state index in [1.54, 1.807) is 18.7 Å². The molecule has 1 aliphatic rings. The Morgan fingerprint density at radius 2 is 2.15 bits per heavy atom. The molecule has 0 aliphatic carbocycles. The van der Waals surface area contributed by atoms with E-state index in [2.05, 4.69) is 0 Å². The van der Waals surface area contributed by atoms with Crippen molar-refractivity contribution in [3.8, 4) is 0 Å². The standard InChI is InChI=1S/C12H14ClF2NO2S2/c1-8-7-19-5-4-16(8)20(17,18)11-3-2-10(14)9(6-13)12(11)15/h2-3,8H,4-7H2,1H3. The highest BCUT2D eigenvalue weighted by Crippen LogP contribution is 2.28. The average molecular weight is 342 g/mol. The minimum absolute atomic E-state index is 0.220. The van der Waals surface area contributed by atoms with Crippen molar-refractivity contribution in [2.45, 2.75) is 23.7 Å². The number of benzene rings is 1. The predicted octanol–water partition coefficient (Wildman–Crippen LogP) is 2.83. The summed E-state index contributed by atoms with van der Waals surface area (Å²) in [4.78, 5) is -0.506. The molecule has 0 amide bonds. The summed E-state index contributed by atoms with van der Waals surface area (Å²) in [7, 11) is -3.97. The van der Waals surface area contributed by atoms with E-state index in [9.17, 15) is 17.2 Å². The predicted molar refractivity (Wildman–Crippen MR) is 76.6 cm³/mol. The average Bonchev–Trinajstić information content (AvgIpc) is 2.39. The molecule has 0 bridgehead atoms. The van der Waals surface area contributed by atoms with Crippen LogP contribution in [0, 0.1) is 11.6 Å². The van der Waals surface area contributed by atoms with Crippen molar-refractivity contribution in [2.75, 3.05) is 18.1 Å². The third-order valence-electron chi connectivity index (χ3n) is 3.18. The fourth-order valence-corrected chi connectivity index (χ4v) is 5.28. The Morgan fingerprint density at radius 1 is 1.45 bits per heavy atom. The van der Waals surface area contributed by atoms with E-state index in [1.165, 1.54) is 4.31 Å². The minimum Gasteiger partial charge on any atom is -0.207 e. The molecule has 8 heteroatoms. The fourth-order valence-electron chi connectivity index (χ4n) is 2.09. The molecule has 1 fully saturated rings. The van der Waals surface area contributed by atoms with Crippen LogP contribution < -0.4 is 0 Å². The van der Waals surface area contributed by atoms with E-state index < -0.39 is 38.0 Å². The van der Waals surface area contributed by atoms with Crippen molar-refractivity contribution in [3.05, 3.63) is 29.3 Å².